The maximum Gasteiger partial charge on any atom is 0.269 e. The van der Waals surface area contributed by atoms with Crippen LogP contribution in [0, 0.1) is 20.2 Å². The highest BCUT2D eigenvalue weighted by Crippen LogP contribution is 2.15. The third kappa shape index (κ3) is 3.83. The molecule has 0 amide bonds. The van der Waals surface area contributed by atoms with Crippen LogP contribution in [0.15, 0.2) is 53.6 Å². The molecule has 0 aromatic heterocycles. The van der Waals surface area contributed by atoms with Gasteiger partial charge in [-0.25, -0.2) is 0 Å². The van der Waals surface area contributed by atoms with Gasteiger partial charge in [0.15, 0.2) is 0 Å². The molecule has 2 rings (SSSR count). The van der Waals surface area contributed by atoms with Gasteiger partial charge in [-0.05, 0) is 29.8 Å². The first-order valence-electron chi connectivity index (χ1n) is 5.84. The van der Waals surface area contributed by atoms with E-state index in [2.05, 4.69) is 10.5 Å². The molecule has 1 N–H and O–H groups in total. The lowest BCUT2D eigenvalue weighted by molar-refractivity contribution is -0.385. The zero-order valence-electron chi connectivity index (χ0n) is 10.7. The molecular weight excluding hydrogens is 276 g/mol. The van der Waals surface area contributed by atoms with Crippen molar-refractivity contribution in [2.75, 3.05) is 5.43 Å². The summed E-state index contributed by atoms with van der Waals surface area (Å²) >= 11 is 0. The molecule has 0 unspecified atom stereocenters. The average Bonchev–Trinajstić information content (AvgIpc) is 2.48. The molecule has 0 spiro atoms. The van der Waals surface area contributed by atoms with Crippen LogP contribution in [-0.4, -0.2) is 16.1 Å². The Bertz CT molecular complexity index is 680. The van der Waals surface area contributed by atoms with E-state index in [1.807, 2.05) is 0 Å². The molecule has 0 aliphatic heterocycles. The van der Waals surface area contributed by atoms with E-state index in [4.69, 9.17) is 0 Å². The number of nitro benzene ring substituents is 2. The van der Waals surface area contributed by atoms with Crippen molar-refractivity contribution in [2.45, 2.75) is 0 Å². The summed E-state index contributed by atoms with van der Waals surface area (Å²) in [6.45, 7) is 0. The molecule has 2 aromatic carbocycles. The molecule has 0 atom stereocenters. The molecule has 0 radical (unpaired) electrons. The number of anilines is 1. The minimum Gasteiger partial charge on any atom is -0.278 e. The van der Waals surface area contributed by atoms with E-state index >= 15 is 0 Å². The molecule has 106 valence electrons. The number of nitro groups is 2. The number of nitrogens with one attached hydrogen (secondary N) is 1. The number of hydrogen-bond donors (Lipinski definition) is 1. The summed E-state index contributed by atoms with van der Waals surface area (Å²) in [5, 5.41) is 24.9. The highest BCUT2D eigenvalue weighted by molar-refractivity contribution is 5.80. The number of rotatable bonds is 5. The van der Waals surface area contributed by atoms with E-state index in [0.29, 0.717) is 11.3 Å². The molecular formula is C13H10N4O4. The fourth-order valence-corrected chi connectivity index (χ4v) is 1.52. The molecule has 8 heteroatoms. The van der Waals surface area contributed by atoms with E-state index in [1.165, 1.54) is 42.6 Å². The Morgan fingerprint density at radius 1 is 0.857 bits per heavy atom. The third-order valence-corrected chi connectivity index (χ3v) is 2.59. The third-order valence-electron chi connectivity index (χ3n) is 2.59. The summed E-state index contributed by atoms with van der Waals surface area (Å²) in [6, 6.07) is 11.7. The first kappa shape index (κ1) is 14.1. The van der Waals surface area contributed by atoms with Gasteiger partial charge >= 0.3 is 0 Å². The number of nitrogens with zero attached hydrogens (tertiary/aromatic N) is 3. The van der Waals surface area contributed by atoms with Gasteiger partial charge < -0.3 is 0 Å². The lowest BCUT2D eigenvalue weighted by Gasteiger charge is -1.99. The second kappa shape index (κ2) is 6.24. The van der Waals surface area contributed by atoms with E-state index in [-0.39, 0.29) is 11.4 Å². The Kier molecular flexibility index (Phi) is 4.20. The Labute approximate surface area is 119 Å². The highest BCUT2D eigenvalue weighted by atomic mass is 16.6. The van der Waals surface area contributed by atoms with Crippen LogP contribution in [0.4, 0.5) is 17.1 Å². The van der Waals surface area contributed by atoms with Gasteiger partial charge in [-0.2, -0.15) is 5.10 Å². The molecule has 2 aromatic rings. The molecule has 0 heterocycles. The Hall–Kier alpha value is -3.29. The SMILES string of the molecule is O=[N+]([O-])c1ccc(/C=N\Nc2ccc([N+](=O)[O-])cc2)cc1. The Morgan fingerprint density at radius 2 is 1.33 bits per heavy atom. The number of non-ortho nitro benzene ring substituents is 2. The van der Waals surface area contributed by atoms with Crippen LogP contribution in [0.25, 0.3) is 0 Å². The summed E-state index contributed by atoms with van der Waals surface area (Å²) in [7, 11) is 0. The largest absolute Gasteiger partial charge is 0.278 e. The zero-order chi connectivity index (χ0) is 15.2. The van der Waals surface area contributed by atoms with Crippen molar-refractivity contribution >= 4 is 23.3 Å². The second-order valence-electron chi connectivity index (χ2n) is 4.02. The number of benzene rings is 2. The van der Waals surface area contributed by atoms with Crippen LogP contribution in [0.1, 0.15) is 5.56 Å². The molecule has 0 aliphatic rings. The molecule has 0 saturated carbocycles. The average molecular weight is 286 g/mol. The van der Waals surface area contributed by atoms with Gasteiger partial charge in [0.25, 0.3) is 11.4 Å². The quantitative estimate of drug-likeness (QED) is 0.516. The van der Waals surface area contributed by atoms with Crippen molar-refractivity contribution in [3.63, 3.8) is 0 Å². The smallest absolute Gasteiger partial charge is 0.269 e. The van der Waals surface area contributed by atoms with E-state index in [1.54, 1.807) is 12.1 Å². The molecule has 0 aliphatic carbocycles. The molecule has 0 fully saturated rings. The van der Waals surface area contributed by atoms with Crippen LogP contribution in [0.2, 0.25) is 0 Å². The Balaban J connectivity index is 1.98. The zero-order valence-corrected chi connectivity index (χ0v) is 10.7. The van der Waals surface area contributed by atoms with Crippen LogP contribution in [-0.2, 0) is 0 Å². The van der Waals surface area contributed by atoms with Crippen LogP contribution >= 0.6 is 0 Å². The van der Waals surface area contributed by atoms with E-state index in [9.17, 15) is 20.2 Å². The maximum absolute atomic E-state index is 10.5. The predicted molar refractivity (Wildman–Crippen MR) is 77.4 cm³/mol. The van der Waals surface area contributed by atoms with Gasteiger partial charge in [0, 0.05) is 24.3 Å². The minimum absolute atomic E-state index is 0.0000940. The molecule has 0 bridgehead atoms. The lowest BCUT2D eigenvalue weighted by Crippen LogP contribution is -1.92. The Morgan fingerprint density at radius 3 is 1.81 bits per heavy atom. The highest BCUT2D eigenvalue weighted by Gasteiger charge is 2.03. The molecule has 8 nitrogen and oxygen atoms in total. The van der Waals surface area contributed by atoms with Crippen molar-refractivity contribution in [1.82, 2.24) is 0 Å². The summed E-state index contributed by atoms with van der Waals surface area (Å²) in [5.41, 5.74) is 4.01. The van der Waals surface area contributed by atoms with Crippen molar-refractivity contribution in [3.05, 3.63) is 74.3 Å². The fourth-order valence-electron chi connectivity index (χ4n) is 1.52. The summed E-state index contributed by atoms with van der Waals surface area (Å²) < 4.78 is 0. The van der Waals surface area contributed by atoms with Crippen molar-refractivity contribution in [3.8, 4) is 0 Å². The summed E-state index contributed by atoms with van der Waals surface area (Å²) in [6.07, 6.45) is 1.49. The van der Waals surface area contributed by atoms with Gasteiger partial charge in [0.1, 0.15) is 0 Å². The predicted octanol–water partition coefficient (Wildman–Crippen LogP) is 2.95. The maximum atomic E-state index is 10.5. The summed E-state index contributed by atoms with van der Waals surface area (Å²) in [4.78, 5) is 20.0. The lowest BCUT2D eigenvalue weighted by atomic mass is 10.2. The number of hydrazone groups is 1. The van der Waals surface area contributed by atoms with E-state index in [0.717, 1.165) is 0 Å². The second-order valence-corrected chi connectivity index (χ2v) is 4.02. The van der Waals surface area contributed by atoms with Gasteiger partial charge in [-0.3, -0.25) is 25.7 Å². The van der Waals surface area contributed by atoms with Gasteiger partial charge in [0.2, 0.25) is 0 Å². The minimum atomic E-state index is -0.482. The normalized spacial score (nSPS) is 10.5. The van der Waals surface area contributed by atoms with Crippen molar-refractivity contribution < 1.29 is 9.85 Å². The molecule has 21 heavy (non-hydrogen) atoms. The summed E-state index contributed by atoms with van der Waals surface area (Å²) in [5.74, 6) is 0. The van der Waals surface area contributed by atoms with Gasteiger partial charge in [-0.15, -0.1) is 0 Å². The first-order chi connectivity index (χ1) is 10.1. The standard InChI is InChI=1S/C13H10N4O4/c18-16(19)12-5-1-10(2-6-12)9-14-15-11-3-7-13(8-4-11)17(20)21/h1-9,15H/b14-9-. The topological polar surface area (TPSA) is 111 Å². The van der Waals surface area contributed by atoms with Crippen LogP contribution < -0.4 is 5.43 Å². The monoisotopic (exact) mass is 286 g/mol. The molecule has 0 saturated heterocycles. The first-order valence-corrected chi connectivity index (χ1v) is 5.84. The van der Waals surface area contributed by atoms with Gasteiger partial charge in [-0.1, -0.05) is 0 Å². The fraction of sp³-hybridized carbons (Fsp3) is 0. The van der Waals surface area contributed by atoms with Crippen LogP contribution in [0.3, 0.4) is 0 Å². The van der Waals surface area contributed by atoms with Gasteiger partial charge in [0.05, 0.1) is 21.7 Å². The van der Waals surface area contributed by atoms with E-state index < -0.39 is 9.85 Å². The van der Waals surface area contributed by atoms with Crippen molar-refractivity contribution in [2.24, 2.45) is 5.10 Å². The van der Waals surface area contributed by atoms with Crippen molar-refractivity contribution in [1.29, 1.82) is 0 Å². The number of hydrogen-bond acceptors (Lipinski definition) is 6. The van der Waals surface area contributed by atoms with Crippen LogP contribution in [0.5, 0.6) is 0 Å².